The van der Waals surface area contributed by atoms with Crippen LogP contribution in [0, 0.1) is 0 Å². The van der Waals surface area contributed by atoms with E-state index in [9.17, 15) is 4.79 Å². The summed E-state index contributed by atoms with van der Waals surface area (Å²) in [5.41, 5.74) is 0.967. The van der Waals surface area contributed by atoms with E-state index in [2.05, 4.69) is 29.0 Å². The standard InChI is InChI=1S/C20H26N4O2/c1-22-9-3-4-18(22)20(25)24-12-10-23(11-13-24)19-8-5-15-14-16(26-2)6-7-17(15)21-19/h5-8,14,18H,3-4,9-13H2,1-2H3. The summed E-state index contributed by atoms with van der Waals surface area (Å²) in [7, 11) is 3.73. The Balaban J connectivity index is 1.43. The van der Waals surface area contributed by atoms with Gasteiger partial charge in [-0.3, -0.25) is 9.69 Å². The van der Waals surface area contributed by atoms with Gasteiger partial charge in [-0.15, -0.1) is 0 Å². The summed E-state index contributed by atoms with van der Waals surface area (Å²) in [5, 5.41) is 1.08. The average Bonchev–Trinajstić information content (AvgIpc) is 3.12. The summed E-state index contributed by atoms with van der Waals surface area (Å²) in [6.45, 7) is 4.23. The van der Waals surface area contributed by atoms with Gasteiger partial charge in [0.2, 0.25) is 5.91 Å². The Labute approximate surface area is 154 Å². The number of likely N-dealkylation sites (tertiary alicyclic amines) is 1. The third kappa shape index (κ3) is 3.21. The number of pyridine rings is 1. The second kappa shape index (κ2) is 7.11. The zero-order valence-corrected chi connectivity index (χ0v) is 15.5. The molecule has 0 radical (unpaired) electrons. The van der Waals surface area contributed by atoms with Crippen LogP contribution in [0.1, 0.15) is 12.8 Å². The summed E-state index contributed by atoms with van der Waals surface area (Å²) < 4.78 is 5.27. The molecule has 0 saturated carbocycles. The molecule has 1 amide bonds. The van der Waals surface area contributed by atoms with E-state index in [1.165, 1.54) is 0 Å². The van der Waals surface area contributed by atoms with Crippen molar-refractivity contribution in [3.05, 3.63) is 30.3 Å². The second-order valence-electron chi connectivity index (χ2n) is 7.18. The van der Waals surface area contributed by atoms with Crippen LogP contribution < -0.4 is 9.64 Å². The van der Waals surface area contributed by atoms with Crippen molar-refractivity contribution in [3.8, 4) is 5.75 Å². The molecule has 0 N–H and O–H groups in total. The van der Waals surface area contributed by atoms with Crippen molar-refractivity contribution in [2.24, 2.45) is 0 Å². The Hall–Kier alpha value is -2.34. The van der Waals surface area contributed by atoms with Crippen LogP contribution in [-0.2, 0) is 4.79 Å². The Bertz CT molecular complexity index is 801. The van der Waals surface area contributed by atoms with E-state index >= 15 is 0 Å². The summed E-state index contributed by atoms with van der Waals surface area (Å²) in [6.07, 6.45) is 2.11. The van der Waals surface area contributed by atoms with Gasteiger partial charge < -0.3 is 14.5 Å². The largest absolute Gasteiger partial charge is 0.497 e. The number of carbonyl (C=O) groups excluding carboxylic acids is 1. The minimum Gasteiger partial charge on any atom is -0.497 e. The van der Waals surface area contributed by atoms with E-state index in [-0.39, 0.29) is 6.04 Å². The first kappa shape index (κ1) is 17.1. The van der Waals surface area contributed by atoms with Gasteiger partial charge in [0.25, 0.3) is 0 Å². The smallest absolute Gasteiger partial charge is 0.240 e. The number of piperazine rings is 1. The van der Waals surface area contributed by atoms with E-state index in [0.29, 0.717) is 5.91 Å². The van der Waals surface area contributed by atoms with Crippen molar-refractivity contribution in [3.63, 3.8) is 0 Å². The quantitative estimate of drug-likeness (QED) is 0.844. The number of aromatic nitrogens is 1. The molecule has 0 bridgehead atoms. The highest BCUT2D eigenvalue weighted by molar-refractivity contribution is 5.83. The molecule has 26 heavy (non-hydrogen) atoms. The predicted octanol–water partition coefficient (Wildman–Crippen LogP) is 1.99. The Kier molecular flexibility index (Phi) is 4.68. The van der Waals surface area contributed by atoms with Gasteiger partial charge in [0.05, 0.1) is 18.7 Å². The summed E-state index contributed by atoms with van der Waals surface area (Å²) in [4.78, 5) is 24.0. The van der Waals surface area contributed by atoms with Crippen molar-refractivity contribution in [1.29, 1.82) is 0 Å². The summed E-state index contributed by atoms with van der Waals surface area (Å²) in [5.74, 6) is 2.12. The number of carbonyl (C=O) groups is 1. The molecule has 0 spiro atoms. The fraction of sp³-hybridized carbons (Fsp3) is 0.500. The molecule has 3 heterocycles. The van der Waals surface area contributed by atoms with Crippen molar-refractivity contribution < 1.29 is 9.53 Å². The van der Waals surface area contributed by atoms with Crippen LogP contribution in [-0.4, -0.2) is 73.6 Å². The average molecular weight is 354 g/mol. The molecule has 2 aliphatic heterocycles. The van der Waals surface area contributed by atoms with Crippen molar-refractivity contribution >= 4 is 22.6 Å². The van der Waals surface area contributed by atoms with Crippen LogP contribution in [0.2, 0.25) is 0 Å². The highest BCUT2D eigenvalue weighted by Gasteiger charge is 2.32. The van der Waals surface area contributed by atoms with E-state index in [1.54, 1.807) is 7.11 Å². The number of amides is 1. The van der Waals surface area contributed by atoms with Crippen LogP contribution >= 0.6 is 0 Å². The molecule has 1 unspecified atom stereocenters. The number of benzene rings is 1. The van der Waals surface area contributed by atoms with E-state index < -0.39 is 0 Å². The molecule has 0 aliphatic carbocycles. The lowest BCUT2D eigenvalue weighted by Crippen LogP contribution is -2.53. The highest BCUT2D eigenvalue weighted by Crippen LogP contribution is 2.24. The molecule has 1 aromatic carbocycles. The first-order valence-corrected chi connectivity index (χ1v) is 9.34. The lowest BCUT2D eigenvalue weighted by atomic mass is 10.1. The number of anilines is 1. The van der Waals surface area contributed by atoms with Crippen molar-refractivity contribution in [2.45, 2.75) is 18.9 Å². The summed E-state index contributed by atoms with van der Waals surface area (Å²) >= 11 is 0. The molecular formula is C20H26N4O2. The molecule has 2 saturated heterocycles. The number of nitrogens with zero attached hydrogens (tertiary/aromatic N) is 4. The minimum absolute atomic E-state index is 0.0790. The minimum atomic E-state index is 0.0790. The zero-order valence-electron chi connectivity index (χ0n) is 15.5. The first-order chi connectivity index (χ1) is 12.7. The Morgan fingerprint density at radius 3 is 2.62 bits per heavy atom. The maximum Gasteiger partial charge on any atom is 0.240 e. The van der Waals surface area contributed by atoms with Crippen LogP contribution in [0.4, 0.5) is 5.82 Å². The van der Waals surface area contributed by atoms with Crippen LogP contribution in [0.3, 0.4) is 0 Å². The molecule has 138 valence electrons. The number of hydrogen-bond acceptors (Lipinski definition) is 5. The lowest BCUT2D eigenvalue weighted by Gasteiger charge is -2.37. The number of ether oxygens (including phenoxy) is 1. The third-order valence-electron chi connectivity index (χ3n) is 5.60. The van der Waals surface area contributed by atoms with Crippen molar-refractivity contribution in [2.75, 3.05) is 51.8 Å². The number of likely N-dealkylation sites (N-methyl/N-ethyl adjacent to an activating group) is 1. The van der Waals surface area contributed by atoms with E-state index in [0.717, 1.165) is 68.0 Å². The molecule has 6 heteroatoms. The fourth-order valence-corrected chi connectivity index (χ4v) is 3.98. The van der Waals surface area contributed by atoms with Gasteiger partial charge in [0, 0.05) is 31.6 Å². The molecule has 6 nitrogen and oxygen atoms in total. The SMILES string of the molecule is COc1ccc2nc(N3CCN(C(=O)C4CCCN4C)CC3)ccc2c1. The van der Waals surface area contributed by atoms with Gasteiger partial charge in [-0.25, -0.2) is 4.98 Å². The van der Waals surface area contributed by atoms with Crippen LogP contribution in [0.5, 0.6) is 5.75 Å². The van der Waals surface area contributed by atoms with Gasteiger partial charge >= 0.3 is 0 Å². The fourth-order valence-electron chi connectivity index (χ4n) is 3.98. The highest BCUT2D eigenvalue weighted by atomic mass is 16.5. The van der Waals surface area contributed by atoms with Crippen LogP contribution in [0.25, 0.3) is 10.9 Å². The van der Waals surface area contributed by atoms with Gasteiger partial charge in [-0.2, -0.15) is 0 Å². The van der Waals surface area contributed by atoms with E-state index in [4.69, 9.17) is 9.72 Å². The van der Waals surface area contributed by atoms with Gasteiger partial charge in [0.1, 0.15) is 11.6 Å². The predicted molar refractivity (Wildman–Crippen MR) is 103 cm³/mol. The first-order valence-electron chi connectivity index (χ1n) is 9.34. The van der Waals surface area contributed by atoms with Gasteiger partial charge in [0.15, 0.2) is 0 Å². The maximum absolute atomic E-state index is 12.7. The lowest BCUT2D eigenvalue weighted by molar-refractivity contribution is -0.135. The van der Waals surface area contributed by atoms with Crippen molar-refractivity contribution in [1.82, 2.24) is 14.8 Å². The number of methoxy groups -OCH3 is 1. The Morgan fingerprint density at radius 1 is 1.12 bits per heavy atom. The maximum atomic E-state index is 12.7. The Morgan fingerprint density at radius 2 is 1.92 bits per heavy atom. The molecular weight excluding hydrogens is 328 g/mol. The number of rotatable bonds is 3. The number of fused-ring (bicyclic) bond motifs is 1. The third-order valence-corrected chi connectivity index (χ3v) is 5.60. The van der Waals surface area contributed by atoms with Gasteiger partial charge in [-0.1, -0.05) is 0 Å². The molecule has 4 rings (SSSR count). The van der Waals surface area contributed by atoms with Gasteiger partial charge in [-0.05, 0) is 56.8 Å². The molecule has 1 aromatic heterocycles. The molecule has 2 aromatic rings. The molecule has 2 fully saturated rings. The molecule has 1 atom stereocenters. The normalized spacial score (nSPS) is 21.4. The summed E-state index contributed by atoms with van der Waals surface area (Å²) in [6, 6.07) is 10.2. The topological polar surface area (TPSA) is 48.9 Å². The zero-order chi connectivity index (χ0) is 18.1. The van der Waals surface area contributed by atoms with Crippen LogP contribution in [0.15, 0.2) is 30.3 Å². The number of hydrogen-bond donors (Lipinski definition) is 0. The molecule has 2 aliphatic rings. The second-order valence-corrected chi connectivity index (χ2v) is 7.18. The monoisotopic (exact) mass is 354 g/mol. The van der Waals surface area contributed by atoms with E-state index in [1.807, 2.05) is 23.1 Å².